The van der Waals surface area contributed by atoms with E-state index in [0.717, 1.165) is 24.5 Å². The number of nitrogens with zero attached hydrogens (tertiary/aromatic N) is 1. The van der Waals surface area contributed by atoms with Gasteiger partial charge in [-0.2, -0.15) is 0 Å². The molecule has 2 rings (SSSR count). The van der Waals surface area contributed by atoms with Crippen molar-refractivity contribution in [1.82, 2.24) is 16.0 Å². The highest BCUT2D eigenvalue weighted by Gasteiger charge is 2.15. The van der Waals surface area contributed by atoms with Crippen molar-refractivity contribution in [2.75, 3.05) is 6.54 Å². The molecule has 1 atom stereocenters. The van der Waals surface area contributed by atoms with Crippen LogP contribution in [-0.4, -0.2) is 30.5 Å². The first-order chi connectivity index (χ1) is 12.1. The number of carbonyl (C=O) groups is 1. The highest BCUT2D eigenvalue weighted by molar-refractivity contribution is 5.94. The van der Waals surface area contributed by atoms with E-state index in [1.807, 2.05) is 31.2 Å². The van der Waals surface area contributed by atoms with E-state index in [1.54, 1.807) is 0 Å². The summed E-state index contributed by atoms with van der Waals surface area (Å²) in [6.45, 7) is 7.56. The van der Waals surface area contributed by atoms with Gasteiger partial charge in [0, 0.05) is 24.2 Å². The van der Waals surface area contributed by atoms with Gasteiger partial charge < -0.3 is 16.0 Å². The standard InChI is InChI=1S/C20H32N4O/c1-4-15(3)23-19(25)17-10-8-9-16(13-17)14-22-20(21-5-2)24-18-11-6-7-12-18/h8-10,13,15,18H,4-7,11-12,14H2,1-3H3,(H,23,25)(H2,21,22,24). The minimum absolute atomic E-state index is 0.0174. The van der Waals surface area contributed by atoms with E-state index >= 15 is 0 Å². The molecule has 5 nitrogen and oxygen atoms in total. The molecular formula is C20H32N4O. The van der Waals surface area contributed by atoms with Gasteiger partial charge in [0.25, 0.3) is 5.91 Å². The van der Waals surface area contributed by atoms with Crippen molar-refractivity contribution in [1.29, 1.82) is 0 Å². The Kier molecular flexibility index (Phi) is 7.76. The third-order valence-corrected chi connectivity index (χ3v) is 4.64. The molecule has 0 heterocycles. The predicted octanol–water partition coefficient (Wildman–Crippen LogP) is 3.21. The molecular weight excluding hydrogens is 312 g/mol. The van der Waals surface area contributed by atoms with Crippen LogP contribution in [0.5, 0.6) is 0 Å². The lowest BCUT2D eigenvalue weighted by Crippen LogP contribution is -2.42. The molecule has 138 valence electrons. The lowest BCUT2D eigenvalue weighted by Gasteiger charge is -2.16. The molecule has 1 aliphatic rings. The summed E-state index contributed by atoms with van der Waals surface area (Å²) in [5.41, 5.74) is 1.74. The summed E-state index contributed by atoms with van der Waals surface area (Å²) in [7, 11) is 0. The first kappa shape index (κ1) is 19.3. The SMILES string of the molecule is CCNC(=NCc1cccc(C(=O)NC(C)CC)c1)NC1CCCC1. The summed E-state index contributed by atoms with van der Waals surface area (Å²) in [5.74, 6) is 0.847. The van der Waals surface area contributed by atoms with Crippen molar-refractivity contribution in [2.45, 2.75) is 71.5 Å². The topological polar surface area (TPSA) is 65.5 Å². The summed E-state index contributed by atoms with van der Waals surface area (Å²) in [6.07, 6.45) is 5.95. The zero-order valence-corrected chi connectivity index (χ0v) is 15.8. The first-order valence-electron chi connectivity index (χ1n) is 9.57. The number of hydrogen-bond donors (Lipinski definition) is 3. The first-order valence-corrected chi connectivity index (χ1v) is 9.57. The monoisotopic (exact) mass is 344 g/mol. The van der Waals surface area contributed by atoms with Gasteiger partial charge in [-0.15, -0.1) is 0 Å². The largest absolute Gasteiger partial charge is 0.357 e. The predicted molar refractivity (Wildman–Crippen MR) is 104 cm³/mol. The number of carbonyl (C=O) groups excluding carboxylic acids is 1. The van der Waals surface area contributed by atoms with Gasteiger partial charge in [0.05, 0.1) is 6.54 Å². The van der Waals surface area contributed by atoms with Gasteiger partial charge in [-0.3, -0.25) is 4.79 Å². The number of amides is 1. The lowest BCUT2D eigenvalue weighted by molar-refractivity contribution is 0.0939. The summed E-state index contributed by atoms with van der Waals surface area (Å²) >= 11 is 0. The number of guanidine groups is 1. The zero-order valence-electron chi connectivity index (χ0n) is 15.8. The summed E-state index contributed by atoms with van der Waals surface area (Å²) in [4.78, 5) is 17.0. The molecule has 1 saturated carbocycles. The van der Waals surface area contributed by atoms with Crippen LogP contribution >= 0.6 is 0 Å². The quantitative estimate of drug-likeness (QED) is 0.526. The molecule has 0 radical (unpaired) electrons. The van der Waals surface area contributed by atoms with Gasteiger partial charge in [0.15, 0.2) is 5.96 Å². The molecule has 5 heteroatoms. The van der Waals surface area contributed by atoms with Crippen LogP contribution in [0.3, 0.4) is 0 Å². The van der Waals surface area contributed by atoms with E-state index in [2.05, 4.69) is 34.8 Å². The third-order valence-electron chi connectivity index (χ3n) is 4.64. The van der Waals surface area contributed by atoms with Crippen LogP contribution in [0, 0.1) is 0 Å². The molecule has 1 amide bonds. The second-order valence-electron chi connectivity index (χ2n) is 6.80. The van der Waals surface area contributed by atoms with Gasteiger partial charge in [-0.05, 0) is 50.8 Å². The number of nitrogens with one attached hydrogen (secondary N) is 3. The number of hydrogen-bond acceptors (Lipinski definition) is 2. The van der Waals surface area contributed by atoms with E-state index in [0.29, 0.717) is 18.2 Å². The highest BCUT2D eigenvalue weighted by Crippen LogP contribution is 2.17. The van der Waals surface area contributed by atoms with Crippen molar-refractivity contribution in [3.8, 4) is 0 Å². The average Bonchev–Trinajstić information content (AvgIpc) is 3.13. The van der Waals surface area contributed by atoms with E-state index in [9.17, 15) is 4.79 Å². The molecule has 0 spiro atoms. The summed E-state index contributed by atoms with van der Waals surface area (Å²) in [6, 6.07) is 8.44. The Hall–Kier alpha value is -2.04. The highest BCUT2D eigenvalue weighted by atomic mass is 16.1. The van der Waals surface area contributed by atoms with Gasteiger partial charge in [0.2, 0.25) is 0 Å². The van der Waals surface area contributed by atoms with Crippen molar-refractivity contribution in [2.24, 2.45) is 4.99 Å². The maximum absolute atomic E-state index is 12.3. The maximum Gasteiger partial charge on any atom is 0.251 e. The van der Waals surface area contributed by atoms with Crippen molar-refractivity contribution in [3.63, 3.8) is 0 Å². The number of aliphatic imine (C=N–C) groups is 1. The smallest absolute Gasteiger partial charge is 0.251 e. The molecule has 0 saturated heterocycles. The van der Waals surface area contributed by atoms with Gasteiger partial charge in [0.1, 0.15) is 0 Å². The fourth-order valence-corrected chi connectivity index (χ4v) is 2.97. The summed E-state index contributed by atoms with van der Waals surface area (Å²) in [5, 5.41) is 9.84. The second-order valence-corrected chi connectivity index (χ2v) is 6.80. The Morgan fingerprint density at radius 1 is 1.28 bits per heavy atom. The van der Waals surface area contributed by atoms with E-state index in [-0.39, 0.29) is 11.9 Å². The van der Waals surface area contributed by atoms with Crippen LogP contribution in [0.4, 0.5) is 0 Å². The van der Waals surface area contributed by atoms with E-state index in [4.69, 9.17) is 0 Å². The Labute approximate surface area is 151 Å². The average molecular weight is 345 g/mol. The fourth-order valence-electron chi connectivity index (χ4n) is 2.97. The molecule has 0 aliphatic heterocycles. The number of rotatable bonds is 7. The second kappa shape index (κ2) is 10.1. The molecule has 1 fully saturated rings. The van der Waals surface area contributed by atoms with Crippen LogP contribution < -0.4 is 16.0 Å². The minimum Gasteiger partial charge on any atom is -0.357 e. The van der Waals surface area contributed by atoms with E-state index in [1.165, 1.54) is 25.7 Å². The normalized spacial score (nSPS) is 16.5. The Balaban J connectivity index is 1.99. The van der Waals surface area contributed by atoms with Gasteiger partial charge in [-0.25, -0.2) is 4.99 Å². The fraction of sp³-hybridized carbons (Fsp3) is 0.600. The van der Waals surface area contributed by atoms with Crippen LogP contribution in [0.2, 0.25) is 0 Å². The molecule has 25 heavy (non-hydrogen) atoms. The molecule has 0 aromatic heterocycles. The van der Waals surface area contributed by atoms with Crippen LogP contribution in [-0.2, 0) is 6.54 Å². The summed E-state index contributed by atoms with van der Waals surface area (Å²) < 4.78 is 0. The van der Waals surface area contributed by atoms with Crippen LogP contribution in [0.15, 0.2) is 29.3 Å². The molecule has 1 aliphatic carbocycles. The minimum atomic E-state index is -0.0174. The van der Waals surface area contributed by atoms with Crippen LogP contribution in [0.25, 0.3) is 0 Å². The Morgan fingerprint density at radius 3 is 2.72 bits per heavy atom. The van der Waals surface area contributed by atoms with Gasteiger partial charge in [-0.1, -0.05) is 31.9 Å². The Bertz CT molecular complexity index is 579. The van der Waals surface area contributed by atoms with Gasteiger partial charge >= 0.3 is 0 Å². The molecule has 3 N–H and O–H groups in total. The van der Waals surface area contributed by atoms with Crippen molar-refractivity contribution >= 4 is 11.9 Å². The van der Waals surface area contributed by atoms with Crippen molar-refractivity contribution in [3.05, 3.63) is 35.4 Å². The molecule has 0 bridgehead atoms. The molecule has 1 aromatic rings. The number of benzene rings is 1. The molecule has 1 unspecified atom stereocenters. The molecule has 1 aromatic carbocycles. The Morgan fingerprint density at radius 2 is 2.04 bits per heavy atom. The zero-order chi connectivity index (χ0) is 18.1. The maximum atomic E-state index is 12.3. The lowest BCUT2D eigenvalue weighted by atomic mass is 10.1. The van der Waals surface area contributed by atoms with Crippen LogP contribution in [0.1, 0.15) is 68.8 Å². The van der Waals surface area contributed by atoms with Crippen molar-refractivity contribution < 1.29 is 4.79 Å². The van der Waals surface area contributed by atoms with E-state index < -0.39 is 0 Å². The third kappa shape index (κ3) is 6.40.